The van der Waals surface area contributed by atoms with E-state index in [2.05, 4.69) is 23.4 Å². The molecule has 0 saturated heterocycles. The lowest BCUT2D eigenvalue weighted by Crippen LogP contribution is -2.39. The number of rotatable bonds is 2. The van der Waals surface area contributed by atoms with Gasteiger partial charge < -0.3 is 4.57 Å². The van der Waals surface area contributed by atoms with Crippen LogP contribution in [0, 0.1) is 18.8 Å². The van der Waals surface area contributed by atoms with Crippen LogP contribution in [0.25, 0.3) is 11.2 Å². The number of hydrogen-bond acceptors (Lipinski definition) is 3. The highest BCUT2D eigenvalue weighted by Gasteiger charge is 2.16. The van der Waals surface area contributed by atoms with Crippen molar-refractivity contribution in [1.29, 1.82) is 0 Å². The van der Waals surface area contributed by atoms with E-state index in [9.17, 15) is 9.59 Å². The Hall–Kier alpha value is -3.33. The van der Waals surface area contributed by atoms with Crippen LogP contribution in [-0.2, 0) is 20.6 Å². The van der Waals surface area contributed by atoms with Crippen LogP contribution in [0.4, 0.5) is 0 Å². The molecule has 6 nitrogen and oxygen atoms in total. The maximum Gasteiger partial charge on any atom is 0.332 e. The van der Waals surface area contributed by atoms with Crippen LogP contribution in [0.5, 0.6) is 0 Å². The number of benzene rings is 1. The van der Waals surface area contributed by atoms with E-state index in [-0.39, 0.29) is 6.54 Å². The number of imidazole rings is 1. The Labute approximate surface area is 144 Å². The fourth-order valence-corrected chi connectivity index (χ4v) is 2.70. The largest absolute Gasteiger partial charge is 0.332 e. The lowest BCUT2D eigenvalue weighted by atomic mass is 10.1. The Morgan fingerprint density at radius 3 is 2.64 bits per heavy atom. The molecular weight excluding hydrogens is 316 g/mol. The number of fused-ring (bicyclic) bond motifs is 1. The van der Waals surface area contributed by atoms with Gasteiger partial charge in [0, 0.05) is 26.2 Å². The van der Waals surface area contributed by atoms with Gasteiger partial charge in [-0.1, -0.05) is 24.1 Å². The Kier molecular flexibility index (Phi) is 4.15. The van der Waals surface area contributed by atoms with Crippen molar-refractivity contribution in [1.82, 2.24) is 18.7 Å². The van der Waals surface area contributed by atoms with Crippen LogP contribution >= 0.6 is 0 Å². The van der Waals surface area contributed by atoms with Gasteiger partial charge in [0.05, 0.1) is 0 Å². The summed E-state index contributed by atoms with van der Waals surface area (Å²) in [6, 6.07) is 7.82. The van der Waals surface area contributed by atoms with Gasteiger partial charge in [0.1, 0.15) is 0 Å². The van der Waals surface area contributed by atoms with E-state index >= 15 is 0 Å². The van der Waals surface area contributed by atoms with Crippen LogP contribution in [0.1, 0.15) is 17.0 Å². The number of allylic oxidation sites excluding steroid dienone is 1. The van der Waals surface area contributed by atoms with E-state index in [1.54, 1.807) is 18.7 Å². The average molecular weight is 334 g/mol. The number of nitrogens with zero attached hydrogens (tertiary/aromatic N) is 4. The summed E-state index contributed by atoms with van der Waals surface area (Å²) >= 11 is 0. The molecular formula is C19H18N4O2. The molecule has 0 spiro atoms. The minimum Gasteiger partial charge on any atom is -0.314 e. The van der Waals surface area contributed by atoms with Crippen molar-refractivity contribution >= 4 is 11.2 Å². The number of aryl methyl sites for hydroxylation is 3. The van der Waals surface area contributed by atoms with Gasteiger partial charge in [-0.2, -0.15) is 0 Å². The van der Waals surface area contributed by atoms with Gasteiger partial charge in [0.2, 0.25) is 0 Å². The van der Waals surface area contributed by atoms with Crippen molar-refractivity contribution in [2.45, 2.75) is 13.5 Å². The first-order valence-corrected chi connectivity index (χ1v) is 7.80. The summed E-state index contributed by atoms with van der Waals surface area (Å²) in [6.07, 6.45) is 1.52. The van der Waals surface area contributed by atoms with Crippen molar-refractivity contribution in [2.24, 2.45) is 14.1 Å². The summed E-state index contributed by atoms with van der Waals surface area (Å²) in [5.41, 5.74) is 1.84. The van der Waals surface area contributed by atoms with Gasteiger partial charge in [-0.05, 0) is 30.5 Å². The highest BCUT2D eigenvalue weighted by Crippen LogP contribution is 2.09. The van der Waals surface area contributed by atoms with E-state index in [4.69, 9.17) is 0 Å². The Balaban J connectivity index is 2.23. The van der Waals surface area contributed by atoms with Crippen LogP contribution in [0.2, 0.25) is 0 Å². The quantitative estimate of drug-likeness (QED) is 0.525. The van der Waals surface area contributed by atoms with Crippen LogP contribution in [0.15, 0.2) is 46.5 Å². The zero-order valence-electron chi connectivity index (χ0n) is 14.4. The summed E-state index contributed by atoms with van der Waals surface area (Å²) in [4.78, 5) is 29.3. The molecule has 0 aliphatic heterocycles. The van der Waals surface area contributed by atoms with Gasteiger partial charge >= 0.3 is 5.69 Å². The third kappa shape index (κ3) is 2.81. The van der Waals surface area contributed by atoms with E-state index in [0.717, 1.165) is 15.7 Å². The maximum absolute atomic E-state index is 12.6. The maximum atomic E-state index is 12.6. The van der Waals surface area contributed by atoms with Crippen LogP contribution in [0.3, 0.4) is 0 Å². The van der Waals surface area contributed by atoms with Gasteiger partial charge in [0.25, 0.3) is 5.56 Å². The van der Waals surface area contributed by atoms with E-state index in [0.29, 0.717) is 17.0 Å². The topological polar surface area (TPSA) is 61.8 Å². The first-order chi connectivity index (χ1) is 11.9. The van der Waals surface area contributed by atoms with Gasteiger partial charge in [-0.25, -0.2) is 9.78 Å². The predicted octanol–water partition coefficient (Wildman–Crippen LogP) is 1.33. The van der Waals surface area contributed by atoms with E-state index in [1.807, 2.05) is 31.2 Å². The van der Waals surface area contributed by atoms with Crippen LogP contribution < -0.4 is 11.2 Å². The fourth-order valence-electron chi connectivity index (χ4n) is 2.70. The highest BCUT2D eigenvalue weighted by molar-refractivity contribution is 5.72. The third-order valence-corrected chi connectivity index (χ3v) is 4.01. The third-order valence-electron chi connectivity index (χ3n) is 4.01. The van der Waals surface area contributed by atoms with E-state index < -0.39 is 11.2 Å². The molecule has 3 aromatic rings. The lowest BCUT2D eigenvalue weighted by molar-refractivity contribution is 0.665. The fraction of sp³-hybridized carbons (Fsp3) is 0.211. The highest BCUT2D eigenvalue weighted by atomic mass is 16.2. The Morgan fingerprint density at radius 2 is 1.96 bits per heavy atom. The molecule has 6 heteroatoms. The molecule has 0 aliphatic carbocycles. The van der Waals surface area contributed by atoms with Crippen molar-refractivity contribution < 1.29 is 0 Å². The first-order valence-electron chi connectivity index (χ1n) is 7.80. The molecule has 0 bridgehead atoms. The molecule has 0 unspecified atom stereocenters. The first kappa shape index (κ1) is 16.5. The van der Waals surface area contributed by atoms with Gasteiger partial charge in [-0.15, -0.1) is 6.58 Å². The van der Waals surface area contributed by atoms with Gasteiger partial charge in [-0.3, -0.25) is 13.9 Å². The van der Waals surface area contributed by atoms with Crippen molar-refractivity contribution in [3.63, 3.8) is 0 Å². The monoisotopic (exact) mass is 334 g/mol. The SMILES string of the molecule is C=CCn1c(=O)c2c(nc(C#Cc3cccc(C)c3)n2C)n(C)c1=O. The normalized spacial score (nSPS) is 10.5. The van der Waals surface area contributed by atoms with E-state index in [1.165, 1.54) is 10.6 Å². The molecule has 0 saturated carbocycles. The molecule has 0 N–H and O–H groups in total. The van der Waals surface area contributed by atoms with Gasteiger partial charge in [0.15, 0.2) is 17.0 Å². The average Bonchev–Trinajstić information content (AvgIpc) is 2.92. The van der Waals surface area contributed by atoms with Crippen molar-refractivity contribution in [3.05, 3.63) is 74.7 Å². The lowest BCUT2D eigenvalue weighted by Gasteiger charge is -2.05. The summed E-state index contributed by atoms with van der Waals surface area (Å²) in [5, 5.41) is 0. The second kappa shape index (κ2) is 6.29. The molecule has 0 aliphatic rings. The van der Waals surface area contributed by atoms with Crippen LogP contribution in [-0.4, -0.2) is 18.7 Å². The smallest absolute Gasteiger partial charge is 0.314 e. The molecule has 3 rings (SSSR count). The molecule has 0 atom stereocenters. The zero-order chi connectivity index (χ0) is 18.1. The number of hydrogen-bond donors (Lipinski definition) is 0. The molecule has 1 aromatic carbocycles. The number of aromatic nitrogens is 4. The molecule has 2 heterocycles. The summed E-state index contributed by atoms with van der Waals surface area (Å²) in [5.74, 6) is 6.47. The van der Waals surface area contributed by atoms with Crippen molar-refractivity contribution in [3.8, 4) is 11.8 Å². The molecule has 2 aromatic heterocycles. The minimum absolute atomic E-state index is 0.150. The zero-order valence-corrected chi connectivity index (χ0v) is 14.4. The predicted molar refractivity (Wildman–Crippen MR) is 97.6 cm³/mol. The molecule has 0 fully saturated rings. The second-order valence-corrected chi connectivity index (χ2v) is 5.83. The summed E-state index contributed by atoms with van der Waals surface area (Å²) < 4.78 is 4.12. The minimum atomic E-state index is -0.423. The molecule has 0 radical (unpaired) electrons. The molecule has 126 valence electrons. The van der Waals surface area contributed by atoms with Crippen molar-refractivity contribution in [2.75, 3.05) is 0 Å². The molecule has 0 amide bonds. The summed E-state index contributed by atoms with van der Waals surface area (Å²) in [7, 11) is 3.31. The standard InChI is InChI=1S/C19H18N4O2/c1-5-11-23-18(24)16-17(22(4)19(23)25)20-15(21(16)3)10-9-14-8-6-7-13(2)12-14/h5-8,12H,1,11H2,2-4H3. The Morgan fingerprint density at radius 1 is 1.20 bits per heavy atom. The molecule has 25 heavy (non-hydrogen) atoms. The second-order valence-electron chi connectivity index (χ2n) is 5.83. The summed E-state index contributed by atoms with van der Waals surface area (Å²) in [6.45, 7) is 5.74. The Bertz CT molecular complexity index is 1170.